The van der Waals surface area contributed by atoms with Gasteiger partial charge in [0.05, 0.1) is 0 Å². The molecule has 1 N–H and O–H groups in total. The molecule has 0 atom stereocenters. The second-order valence-corrected chi connectivity index (χ2v) is 6.16. The Morgan fingerprint density at radius 2 is 2.04 bits per heavy atom. The van der Waals surface area contributed by atoms with Crippen LogP contribution >= 0.6 is 0 Å². The number of rotatable bonds is 6. The van der Waals surface area contributed by atoms with Crippen molar-refractivity contribution >= 4 is 23.2 Å². The summed E-state index contributed by atoms with van der Waals surface area (Å²) in [4.78, 5) is 25.9. The van der Waals surface area contributed by atoms with Crippen molar-refractivity contribution < 1.29 is 18.7 Å². The molecule has 0 radical (unpaired) electrons. The number of ether oxygens (including phenoxy) is 1. The predicted octanol–water partition coefficient (Wildman–Crippen LogP) is 3.53. The summed E-state index contributed by atoms with van der Waals surface area (Å²) in [6.07, 6.45) is 2.02. The van der Waals surface area contributed by atoms with Crippen molar-refractivity contribution in [1.82, 2.24) is 0 Å². The Morgan fingerprint density at radius 3 is 2.81 bits per heavy atom. The van der Waals surface area contributed by atoms with Gasteiger partial charge >= 0.3 is 0 Å². The average molecular weight is 356 g/mol. The van der Waals surface area contributed by atoms with Gasteiger partial charge in [0.1, 0.15) is 0 Å². The van der Waals surface area contributed by atoms with Gasteiger partial charge in [0, 0.05) is 24.3 Å². The maximum absolute atomic E-state index is 13.5. The number of nitrogens with zero attached hydrogens (tertiary/aromatic N) is 1. The SMILES string of the molecule is CCCN1C(=O)CCc2cc(NC(=O)COc3ccccc3F)ccc21. The van der Waals surface area contributed by atoms with E-state index in [1.807, 2.05) is 19.1 Å². The average Bonchev–Trinajstić information content (AvgIpc) is 2.63. The van der Waals surface area contributed by atoms with Crippen molar-refractivity contribution in [2.75, 3.05) is 23.4 Å². The normalized spacial score (nSPS) is 13.3. The summed E-state index contributed by atoms with van der Waals surface area (Å²) in [6.45, 7) is 2.44. The van der Waals surface area contributed by atoms with Crippen molar-refractivity contribution in [2.45, 2.75) is 26.2 Å². The van der Waals surface area contributed by atoms with Crippen molar-refractivity contribution in [3.8, 4) is 5.75 Å². The fraction of sp³-hybridized carbons (Fsp3) is 0.300. The van der Waals surface area contributed by atoms with Crippen LogP contribution in [0.2, 0.25) is 0 Å². The van der Waals surface area contributed by atoms with Crippen molar-refractivity contribution in [2.24, 2.45) is 0 Å². The van der Waals surface area contributed by atoms with E-state index in [2.05, 4.69) is 5.32 Å². The summed E-state index contributed by atoms with van der Waals surface area (Å²) in [5, 5.41) is 2.75. The van der Waals surface area contributed by atoms with Crippen LogP contribution in [0.15, 0.2) is 42.5 Å². The molecule has 5 nitrogen and oxygen atoms in total. The minimum absolute atomic E-state index is 0.0433. The molecule has 26 heavy (non-hydrogen) atoms. The highest BCUT2D eigenvalue weighted by Gasteiger charge is 2.23. The van der Waals surface area contributed by atoms with E-state index in [0.717, 1.165) is 17.7 Å². The zero-order valence-corrected chi connectivity index (χ0v) is 14.6. The molecule has 2 amide bonds. The lowest BCUT2D eigenvalue weighted by molar-refractivity contribution is -0.119. The largest absolute Gasteiger partial charge is 0.481 e. The van der Waals surface area contributed by atoms with Gasteiger partial charge in [0.25, 0.3) is 5.91 Å². The fourth-order valence-corrected chi connectivity index (χ4v) is 3.01. The number of carbonyl (C=O) groups is 2. The third-order valence-electron chi connectivity index (χ3n) is 4.21. The van der Waals surface area contributed by atoms with Crippen LogP contribution in [-0.4, -0.2) is 25.0 Å². The first kappa shape index (κ1) is 17.9. The molecule has 0 fully saturated rings. The van der Waals surface area contributed by atoms with Gasteiger partial charge in [-0.3, -0.25) is 9.59 Å². The highest BCUT2D eigenvalue weighted by molar-refractivity contribution is 5.97. The molecule has 6 heteroatoms. The monoisotopic (exact) mass is 356 g/mol. The Balaban J connectivity index is 1.64. The third-order valence-corrected chi connectivity index (χ3v) is 4.21. The van der Waals surface area contributed by atoms with Gasteiger partial charge in [-0.15, -0.1) is 0 Å². The number of hydrogen-bond donors (Lipinski definition) is 1. The summed E-state index contributed by atoms with van der Waals surface area (Å²) in [5.74, 6) is -0.698. The minimum atomic E-state index is -0.505. The van der Waals surface area contributed by atoms with E-state index < -0.39 is 5.82 Å². The van der Waals surface area contributed by atoms with E-state index in [-0.39, 0.29) is 24.2 Å². The van der Waals surface area contributed by atoms with Crippen LogP contribution in [0.1, 0.15) is 25.3 Å². The Morgan fingerprint density at radius 1 is 1.23 bits per heavy atom. The van der Waals surface area contributed by atoms with E-state index in [1.165, 1.54) is 12.1 Å². The molecule has 3 rings (SSSR count). The number of benzene rings is 2. The molecule has 0 saturated carbocycles. The molecule has 0 unspecified atom stereocenters. The van der Waals surface area contributed by atoms with Crippen LogP contribution in [0.25, 0.3) is 0 Å². The molecule has 2 aromatic rings. The smallest absolute Gasteiger partial charge is 0.262 e. The van der Waals surface area contributed by atoms with E-state index in [4.69, 9.17) is 4.74 Å². The quantitative estimate of drug-likeness (QED) is 0.861. The first-order valence-electron chi connectivity index (χ1n) is 8.69. The molecule has 136 valence electrons. The van der Waals surface area contributed by atoms with Gasteiger partial charge in [-0.05, 0) is 48.7 Å². The summed E-state index contributed by atoms with van der Waals surface area (Å²) in [5.41, 5.74) is 2.58. The molecule has 2 aromatic carbocycles. The van der Waals surface area contributed by atoms with Gasteiger partial charge in [0.15, 0.2) is 18.2 Å². The zero-order chi connectivity index (χ0) is 18.5. The Kier molecular flexibility index (Phi) is 5.51. The predicted molar refractivity (Wildman–Crippen MR) is 97.9 cm³/mol. The molecule has 0 aromatic heterocycles. The first-order valence-corrected chi connectivity index (χ1v) is 8.69. The Hall–Kier alpha value is -2.89. The molecule has 0 aliphatic carbocycles. The number of carbonyl (C=O) groups excluding carboxylic acids is 2. The van der Waals surface area contributed by atoms with Gasteiger partial charge in [0.2, 0.25) is 5.91 Å². The van der Waals surface area contributed by atoms with Crippen LogP contribution in [0, 0.1) is 5.82 Å². The standard InChI is InChI=1S/C20H21FN2O3/c1-2-11-23-17-9-8-15(12-14(17)7-10-20(23)25)22-19(24)13-26-18-6-4-3-5-16(18)21/h3-6,8-9,12H,2,7,10-11,13H2,1H3,(H,22,24). The maximum Gasteiger partial charge on any atom is 0.262 e. The summed E-state index contributed by atoms with van der Waals surface area (Å²) < 4.78 is 18.7. The molecular weight excluding hydrogens is 335 g/mol. The van der Waals surface area contributed by atoms with Crippen LogP contribution in [0.4, 0.5) is 15.8 Å². The summed E-state index contributed by atoms with van der Waals surface area (Å²) in [7, 11) is 0. The van der Waals surface area contributed by atoms with Gasteiger partial charge < -0.3 is 15.0 Å². The lowest BCUT2D eigenvalue weighted by Crippen LogP contribution is -2.35. The first-order chi connectivity index (χ1) is 12.6. The van der Waals surface area contributed by atoms with Crippen LogP contribution in [0.3, 0.4) is 0 Å². The zero-order valence-electron chi connectivity index (χ0n) is 14.6. The van der Waals surface area contributed by atoms with Gasteiger partial charge in [-0.1, -0.05) is 19.1 Å². The number of anilines is 2. The summed E-state index contributed by atoms with van der Waals surface area (Å²) in [6, 6.07) is 11.5. The molecule has 1 aliphatic heterocycles. The van der Waals surface area contributed by atoms with Gasteiger partial charge in [-0.2, -0.15) is 0 Å². The maximum atomic E-state index is 13.5. The van der Waals surface area contributed by atoms with Crippen LogP contribution in [0.5, 0.6) is 5.75 Å². The topological polar surface area (TPSA) is 58.6 Å². The molecule has 0 bridgehead atoms. The van der Waals surface area contributed by atoms with Crippen LogP contribution in [-0.2, 0) is 16.0 Å². The molecular formula is C20H21FN2O3. The number of aryl methyl sites for hydroxylation is 1. The lowest BCUT2D eigenvalue weighted by atomic mass is 10.00. The van der Waals surface area contributed by atoms with E-state index in [0.29, 0.717) is 25.1 Å². The highest BCUT2D eigenvalue weighted by Crippen LogP contribution is 2.30. The molecule has 0 spiro atoms. The number of hydrogen-bond acceptors (Lipinski definition) is 3. The van der Waals surface area contributed by atoms with Crippen LogP contribution < -0.4 is 15.0 Å². The highest BCUT2D eigenvalue weighted by atomic mass is 19.1. The second kappa shape index (κ2) is 7.99. The number of para-hydroxylation sites is 1. The van der Waals surface area contributed by atoms with Gasteiger partial charge in [-0.25, -0.2) is 4.39 Å². The number of halogens is 1. The number of fused-ring (bicyclic) bond motifs is 1. The number of nitrogens with one attached hydrogen (secondary N) is 1. The van der Waals surface area contributed by atoms with E-state index >= 15 is 0 Å². The Labute approximate surface area is 151 Å². The molecule has 0 saturated heterocycles. The van der Waals surface area contributed by atoms with Crippen molar-refractivity contribution in [3.63, 3.8) is 0 Å². The third kappa shape index (κ3) is 4.02. The van der Waals surface area contributed by atoms with Crippen molar-refractivity contribution in [3.05, 3.63) is 53.8 Å². The molecule has 1 aliphatic rings. The van der Waals surface area contributed by atoms with Crippen molar-refractivity contribution in [1.29, 1.82) is 0 Å². The summed E-state index contributed by atoms with van der Waals surface area (Å²) >= 11 is 0. The molecule has 1 heterocycles. The lowest BCUT2D eigenvalue weighted by Gasteiger charge is -2.29. The van der Waals surface area contributed by atoms with E-state index in [9.17, 15) is 14.0 Å². The van der Waals surface area contributed by atoms with E-state index in [1.54, 1.807) is 23.1 Å². The Bertz CT molecular complexity index is 822. The minimum Gasteiger partial charge on any atom is -0.481 e. The fourth-order valence-electron chi connectivity index (χ4n) is 3.01. The second-order valence-electron chi connectivity index (χ2n) is 6.16. The number of amides is 2.